The van der Waals surface area contributed by atoms with Gasteiger partial charge in [-0.3, -0.25) is 9.78 Å². The molecular formula is C12H11N3O. The second kappa shape index (κ2) is 4.61. The summed E-state index contributed by atoms with van der Waals surface area (Å²) >= 11 is 0. The van der Waals surface area contributed by atoms with Crippen molar-refractivity contribution < 1.29 is 4.79 Å². The van der Waals surface area contributed by atoms with Crippen LogP contribution in [0.1, 0.15) is 21.7 Å². The quantitative estimate of drug-likeness (QED) is 0.727. The standard InChI is InChI=1S/C12H11N3O/c1-9-7-14-12(15-8-9)11(16)6-10-2-4-13-5-3-10/h2-5,7-8H,6H2,1H3. The highest BCUT2D eigenvalue weighted by Crippen LogP contribution is 2.03. The molecule has 16 heavy (non-hydrogen) atoms. The average molecular weight is 213 g/mol. The second-order valence-electron chi connectivity index (χ2n) is 3.54. The van der Waals surface area contributed by atoms with Crippen molar-refractivity contribution in [3.05, 3.63) is 53.9 Å². The SMILES string of the molecule is Cc1cnc(C(=O)Cc2ccncc2)nc1. The van der Waals surface area contributed by atoms with E-state index >= 15 is 0 Å². The normalized spacial score (nSPS) is 10.1. The van der Waals surface area contributed by atoms with Crippen LogP contribution in [0.15, 0.2) is 36.9 Å². The van der Waals surface area contributed by atoms with Gasteiger partial charge in [-0.2, -0.15) is 0 Å². The van der Waals surface area contributed by atoms with Gasteiger partial charge in [-0.1, -0.05) is 0 Å². The topological polar surface area (TPSA) is 55.7 Å². The van der Waals surface area contributed by atoms with Crippen molar-refractivity contribution >= 4 is 5.78 Å². The Balaban J connectivity index is 2.12. The molecular weight excluding hydrogens is 202 g/mol. The predicted octanol–water partition coefficient (Wildman–Crippen LogP) is 1.61. The maximum absolute atomic E-state index is 11.8. The van der Waals surface area contributed by atoms with Gasteiger partial charge in [0.15, 0.2) is 5.82 Å². The van der Waals surface area contributed by atoms with E-state index in [0.29, 0.717) is 6.42 Å². The molecule has 0 atom stereocenters. The van der Waals surface area contributed by atoms with Gasteiger partial charge in [0.2, 0.25) is 5.78 Å². The summed E-state index contributed by atoms with van der Waals surface area (Å²) in [5.41, 5.74) is 1.87. The number of aryl methyl sites for hydroxylation is 1. The minimum absolute atomic E-state index is 0.0776. The lowest BCUT2D eigenvalue weighted by Gasteiger charge is -1.99. The molecule has 0 aliphatic carbocycles. The van der Waals surface area contributed by atoms with Crippen LogP contribution in [0.3, 0.4) is 0 Å². The molecule has 0 saturated heterocycles. The highest BCUT2D eigenvalue weighted by Gasteiger charge is 2.09. The number of hydrogen-bond acceptors (Lipinski definition) is 4. The van der Waals surface area contributed by atoms with E-state index in [1.807, 2.05) is 19.1 Å². The molecule has 0 aliphatic heterocycles. The van der Waals surface area contributed by atoms with E-state index in [-0.39, 0.29) is 11.6 Å². The Morgan fingerprint density at radius 2 is 1.81 bits per heavy atom. The molecule has 0 N–H and O–H groups in total. The Labute approximate surface area is 93.4 Å². The zero-order valence-electron chi connectivity index (χ0n) is 8.92. The van der Waals surface area contributed by atoms with Crippen molar-refractivity contribution in [2.45, 2.75) is 13.3 Å². The number of hydrogen-bond donors (Lipinski definition) is 0. The lowest BCUT2D eigenvalue weighted by atomic mass is 10.1. The van der Waals surface area contributed by atoms with E-state index in [4.69, 9.17) is 0 Å². The van der Waals surface area contributed by atoms with E-state index in [1.165, 1.54) is 0 Å². The van der Waals surface area contributed by atoms with Crippen molar-refractivity contribution in [3.63, 3.8) is 0 Å². The Kier molecular flexibility index (Phi) is 3.00. The van der Waals surface area contributed by atoms with Crippen LogP contribution in [0.4, 0.5) is 0 Å². The first-order chi connectivity index (χ1) is 7.75. The van der Waals surface area contributed by atoms with Gasteiger partial charge in [0.05, 0.1) is 0 Å². The second-order valence-corrected chi connectivity index (χ2v) is 3.54. The summed E-state index contributed by atoms with van der Waals surface area (Å²) in [4.78, 5) is 23.7. The van der Waals surface area contributed by atoms with Gasteiger partial charge < -0.3 is 0 Å². The Morgan fingerprint density at radius 3 is 2.44 bits per heavy atom. The minimum Gasteiger partial charge on any atom is -0.290 e. The van der Waals surface area contributed by atoms with Gasteiger partial charge >= 0.3 is 0 Å². The molecule has 80 valence electrons. The molecule has 2 aromatic heterocycles. The summed E-state index contributed by atoms with van der Waals surface area (Å²) in [6.45, 7) is 1.89. The first-order valence-electron chi connectivity index (χ1n) is 4.96. The molecule has 0 aromatic carbocycles. The number of aromatic nitrogens is 3. The van der Waals surface area contributed by atoms with Gasteiger partial charge in [-0.05, 0) is 30.2 Å². The first kappa shape index (κ1) is 10.4. The van der Waals surface area contributed by atoms with Crippen molar-refractivity contribution in [1.82, 2.24) is 15.0 Å². The molecule has 0 bridgehead atoms. The molecule has 0 spiro atoms. The zero-order valence-corrected chi connectivity index (χ0v) is 8.92. The minimum atomic E-state index is -0.0776. The zero-order chi connectivity index (χ0) is 11.4. The van der Waals surface area contributed by atoms with Gasteiger partial charge in [0.1, 0.15) is 0 Å². The summed E-state index contributed by atoms with van der Waals surface area (Å²) in [6.07, 6.45) is 6.93. The predicted molar refractivity (Wildman–Crippen MR) is 59.0 cm³/mol. The highest BCUT2D eigenvalue weighted by atomic mass is 16.1. The molecule has 2 rings (SSSR count). The number of carbonyl (C=O) groups is 1. The van der Waals surface area contributed by atoms with Crippen molar-refractivity contribution in [2.24, 2.45) is 0 Å². The van der Waals surface area contributed by atoms with Crippen LogP contribution < -0.4 is 0 Å². The fourth-order valence-corrected chi connectivity index (χ4v) is 1.30. The lowest BCUT2D eigenvalue weighted by Crippen LogP contribution is -2.08. The highest BCUT2D eigenvalue weighted by molar-refractivity contribution is 5.93. The number of Topliss-reactive ketones (excluding diaryl/α,β-unsaturated/α-hetero) is 1. The smallest absolute Gasteiger partial charge is 0.204 e. The third kappa shape index (κ3) is 2.48. The van der Waals surface area contributed by atoms with Crippen LogP contribution in [0.2, 0.25) is 0 Å². The summed E-state index contributed by atoms with van der Waals surface area (Å²) in [5, 5.41) is 0. The molecule has 0 amide bonds. The molecule has 2 aromatic rings. The van der Waals surface area contributed by atoms with E-state index in [2.05, 4.69) is 15.0 Å². The van der Waals surface area contributed by atoms with E-state index < -0.39 is 0 Å². The van der Waals surface area contributed by atoms with Crippen LogP contribution in [-0.4, -0.2) is 20.7 Å². The van der Waals surface area contributed by atoms with Crippen LogP contribution in [0, 0.1) is 6.92 Å². The molecule has 0 saturated carbocycles. The van der Waals surface area contributed by atoms with Crippen LogP contribution in [-0.2, 0) is 6.42 Å². The summed E-state index contributed by atoms with van der Waals surface area (Å²) in [7, 11) is 0. The average Bonchev–Trinajstić information content (AvgIpc) is 2.31. The third-order valence-corrected chi connectivity index (χ3v) is 2.14. The number of rotatable bonds is 3. The lowest BCUT2D eigenvalue weighted by molar-refractivity contribution is 0.0983. The molecule has 0 radical (unpaired) electrons. The van der Waals surface area contributed by atoms with Crippen LogP contribution in [0.5, 0.6) is 0 Å². The molecule has 2 heterocycles. The molecule has 0 fully saturated rings. The summed E-state index contributed by atoms with van der Waals surface area (Å²) < 4.78 is 0. The Morgan fingerprint density at radius 1 is 1.19 bits per heavy atom. The van der Waals surface area contributed by atoms with Gasteiger partial charge in [0, 0.05) is 31.2 Å². The fraction of sp³-hybridized carbons (Fsp3) is 0.167. The van der Waals surface area contributed by atoms with Crippen molar-refractivity contribution in [3.8, 4) is 0 Å². The van der Waals surface area contributed by atoms with Crippen molar-refractivity contribution in [1.29, 1.82) is 0 Å². The Hall–Kier alpha value is -2.10. The van der Waals surface area contributed by atoms with Gasteiger partial charge in [-0.15, -0.1) is 0 Å². The fourth-order valence-electron chi connectivity index (χ4n) is 1.30. The monoisotopic (exact) mass is 213 g/mol. The van der Waals surface area contributed by atoms with E-state index in [9.17, 15) is 4.79 Å². The number of nitrogens with zero attached hydrogens (tertiary/aromatic N) is 3. The van der Waals surface area contributed by atoms with Crippen molar-refractivity contribution in [2.75, 3.05) is 0 Å². The Bertz CT molecular complexity index is 479. The molecule has 0 unspecified atom stereocenters. The molecule has 4 nitrogen and oxygen atoms in total. The first-order valence-corrected chi connectivity index (χ1v) is 4.96. The maximum atomic E-state index is 11.8. The number of ketones is 1. The third-order valence-electron chi connectivity index (χ3n) is 2.14. The number of pyridine rings is 1. The largest absolute Gasteiger partial charge is 0.290 e. The van der Waals surface area contributed by atoms with Crippen LogP contribution >= 0.6 is 0 Å². The maximum Gasteiger partial charge on any atom is 0.204 e. The van der Waals surface area contributed by atoms with E-state index in [1.54, 1.807) is 24.8 Å². The summed E-state index contributed by atoms with van der Waals surface area (Å²) in [5.74, 6) is 0.189. The molecule has 0 aliphatic rings. The van der Waals surface area contributed by atoms with Gasteiger partial charge in [-0.25, -0.2) is 9.97 Å². The van der Waals surface area contributed by atoms with E-state index in [0.717, 1.165) is 11.1 Å². The summed E-state index contributed by atoms with van der Waals surface area (Å²) in [6, 6.07) is 3.62. The van der Waals surface area contributed by atoms with Crippen LogP contribution in [0.25, 0.3) is 0 Å². The molecule has 4 heteroatoms. The number of carbonyl (C=O) groups excluding carboxylic acids is 1. The van der Waals surface area contributed by atoms with Gasteiger partial charge in [0.25, 0.3) is 0 Å².